The van der Waals surface area contributed by atoms with Crippen molar-refractivity contribution in [3.05, 3.63) is 28.2 Å². The molecule has 0 aromatic heterocycles. The second-order valence-corrected chi connectivity index (χ2v) is 6.18. The van der Waals surface area contributed by atoms with E-state index in [1.807, 2.05) is 0 Å². The van der Waals surface area contributed by atoms with E-state index in [1.165, 1.54) is 6.42 Å². The van der Waals surface area contributed by atoms with E-state index in [9.17, 15) is 9.59 Å². The summed E-state index contributed by atoms with van der Waals surface area (Å²) in [6, 6.07) is 4.69. The van der Waals surface area contributed by atoms with Gasteiger partial charge in [0, 0.05) is 11.1 Å². The zero-order valence-electron chi connectivity index (χ0n) is 12.1. The van der Waals surface area contributed by atoms with Gasteiger partial charge in [-0.15, -0.1) is 0 Å². The van der Waals surface area contributed by atoms with Crippen molar-refractivity contribution in [2.75, 3.05) is 11.9 Å². The number of halogens is 2. The molecular formula is C15H19Cl2N3O2. The Morgan fingerprint density at radius 2 is 1.86 bits per heavy atom. The summed E-state index contributed by atoms with van der Waals surface area (Å²) in [6.45, 7) is -0.114. The summed E-state index contributed by atoms with van der Waals surface area (Å²) in [4.78, 5) is 23.5. The van der Waals surface area contributed by atoms with E-state index in [0.29, 0.717) is 15.7 Å². The Hall–Kier alpha value is -1.46. The molecule has 7 heteroatoms. The predicted molar refractivity (Wildman–Crippen MR) is 88.5 cm³/mol. The Bertz CT molecular complexity index is 546. The Morgan fingerprint density at radius 1 is 1.14 bits per heavy atom. The van der Waals surface area contributed by atoms with E-state index in [4.69, 9.17) is 23.2 Å². The molecule has 3 N–H and O–H groups in total. The molecule has 1 aliphatic carbocycles. The van der Waals surface area contributed by atoms with E-state index in [1.54, 1.807) is 18.2 Å². The van der Waals surface area contributed by atoms with Crippen LogP contribution >= 0.6 is 23.2 Å². The molecule has 2 rings (SSSR count). The fourth-order valence-corrected chi connectivity index (χ4v) is 2.88. The molecule has 0 spiro atoms. The minimum atomic E-state index is -0.344. The molecule has 5 nitrogen and oxygen atoms in total. The molecule has 1 aromatic rings. The number of benzene rings is 1. The number of hydrogen-bond donors (Lipinski definition) is 3. The van der Waals surface area contributed by atoms with Crippen LogP contribution in [0.3, 0.4) is 0 Å². The fraction of sp³-hybridized carbons (Fsp3) is 0.467. The molecule has 3 amide bonds. The standard InChI is InChI=1S/C15H19Cl2N3O2/c16-10-6-7-13(12(17)8-10)20-14(21)9-18-15(22)19-11-4-2-1-3-5-11/h6-8,11H,1-5,9H2,(H,20,21)(H2,18,19,22). The van der Waals surface area contributed by atoms with Crippen molar-refractivity contribution in [2.24, 2.45) is 0 Å². The Morgan fingerprint density at radius 3 is 2.55 bits per heavy atom. The van der Waals surface area contributed by atoms with Gasteiger partial charge in [-0.3, -0.25) is 4.79 Å². The summed E-state index contributed by atoms with van der Waals surface area (Å²) in [5.74, 6) is -0.344. The number of urea groups is 1. The SMILES string of the molecule is O=C(CNC(=O)NC1CCCCC1)Nc1ccc(Cl)cc1Cl. The van der Waals surface area contributed by atoms with Gasteiger partial charge in [0.2, 0.25) is 5.91 Å². The number of amides is 3. The molecule has 120 valence electrons. The van der Waals surface area contributed by atoms with Crippen molar-refractivity contribution in [1.29, 1.82) is 0 Å². The topological polar surface area (TPSA) is 70.2 Å². The minimum absolute atomic E-state index is 0.114. The lowest BCUT2D eigenvalue weighted by molar-refractivity contribution is -0.115. The van der Waals surface area contributed by atoms with E-state index in [2.05, 4.69) is 16.0 Å². The van der Waals surface area contributed by atoms with E-state index in [0.717, 1.165) is 25.7 Å². The van der Waals surface area contributed by atoms with Crippen LogP contribution in [-0.4, -0.2) is 24.5 Å². The van der Waals surface area contributed by atoms with Gasteiger partial charge in [-0.25, -0.2) is 4.79 Å². The molecule has 0 bridgehead atoms. The van der Waals surface area contributed by atoms with Crippen LogP contribution in [0.25, 0.3) is 0 Å². The quantitative estimate of drug-likeness (QED) is 0.782. The van der Waals surface area contributed by atoms with Gasteiger partial charge in [0.05, 0.1) is 17.3 Å². The number of nitrogens with one attached hydrogen (secondary N) is 3. The van der Waals surface area contributed by atoms with E-state index in [-0.39, 0.29) is 24.5 Å². The lowest BCUT2D eigenvalue weighted by Crippen LogP contribution is -2.45. The molecule has 0 atom stereocenters. The number of carbonyl (C=O) groups is 2. The summed E-state index contributed by atoms with van der Waals surface area (Å²) < 4.78 is 0. The monoisotopic (exact) mass is 343 g/mol. The molecular weight excluding hydrogens is 325 g/mol. The lowest BCUT2D eigenvalue weighted by Gasteiger charge is -2.22. The van der Waals surface area contributed by atoms with Crippen molar-refractivity contribution in [1.82, 2.24) is 10.6 Å². The maximum atomic E-state index is 11.8. The van der Waals surface area contributed by atoms with Crippen molar-refractivity contribution in [3.8, 4) is 0 Å². The van der Waals surface area contributed by atoms with Gasteiger partial charge in [0.1, 0.15) is 0 Å². The number of hydrogen-bond acceptors (Lipinski definition) is 2. The fourth-order valence-electron chi connectivity index (χ4n) is 2.43. The van der Waals surface area contributed by atoms with Gasteiger partial charge in [-0.1, -0.05) is 42.5 Å². The van der Waals surface area contributed by atoms with Crippen LogP contribution in [-0.2, 0) is 4.79 Å². The highest BCUT2D eigenvalue weighted by molar-refractivity contribution is 6.36. The van der Waals surface area contributed by atoms with E-state index < -0.39 is 0 Å². The van der Waals surface area contributed by atoms with Crippen molar-refractivity contribution in [3.63, 3.8) is 0 Å². The first-order valence-corrected chi connectivity index (χ1v) is 8.09. The normalized spacial score (nSPS) is 15.2. The van der Waals surface area contributed by atoms with Gasteiger partial charge in [0.25, 0.3) is 0 Å². The lowest BCUT2D eigenvalue weighted by atomic mass is 9.96. The third-order valence-electron chi connectivity index (χ3n) is 3.56. The molecule has 0 saturated heterocycles. The van der Waals surface area contributed by atoms with Gasteiger partial charge in [0.15, 0.2) is 0 Å². The Labute approximate surface area is 139 Å². The molecule has 1 fully saturated rings. The second-order valence-electron chi connectivity index (χ2n) is 5.33. The van der Waals surface area contributed by atoms with Gasteiger partial charge in [-0.05, 0) is 31.0 Å². The van der Waals surface area contributed by atoms with Crippen LogP contribution in [0.5, 0.6) is 0 Å². The summed E-state index contributed by atoms with van der Waals surface area (Å²) in [7, 11) is 0. The van der Waals surface area contributed by atoms with Crippen LogP contribution in [0.2, 0.25) is 10.0 Å². The van der Waals surface area contributed by atoms with Gasteiger partial charge >= 0.3 is 6.03 Å². The predicted octanol–water partition coefficient (Wildman–Crippen LogP) is 3.56. The first-order valence-electron chi connectivity index (χ1n) is 7.34. The minimum Gasteiger partial charge on any atom is -0.335 e. The molecule has 22 heavy (non-hydrogen) atoms. The second kappa shape index (κ2) is 8.25. The highest BCUT2D eigenvalue weighted by Gasteiger charge is 2.16. The smallest absolute Gasteiger partial charge is 0.315 e. The zero-order chi connectivity index (χ0) is 15.9. The molecule has 0 unspecified atom stereocenters. The maximum absolute atomic E-state index is 11.8. The highest BCUT2D eigenvalue weighted by atomic mass is 35.5. The molecule has 1 aromatic carbocycles. The number of rotatable bonds is 4. The summed E-state index contributed by atoms with van der Waals surface area (Å²) in [6.07, 6.45) is 5.51. The largest absolute Gasteiger partial charge is 0.335 e. The first kappa shape index (κ1) is 16.9. The Kier molecular flexibility index (Phi) is 6.34. The summed E-state index contributed by atoms with van der Waals surface area (Å²) >= 11 is 11.8. The van der Waals surface area contributed by atoms with Crippen molar-refractivity contribution >= 4 is 40.8 Å². The number of carbonyl (C=O) groups excluding carboxylic acids is 2. The van der Waals surface area contributed by atoms with Crippen LogP contribution < -0.4 is 16.0 Å². The Balaban J connectivity index is 1.73. The zero-order valence-corrected chi connectivity index (χ0v) is 13.6. The van der Waals surface area contributed by atoms with Crippen molar-refractivity contribution < 1.29 is 9.59 Å². The van der Waals surface area contributed by atoms with Crippen molar-refractivity contribution in [2.45, 2.75) is 38.1 Å². The van der Waals surface area contributed by atoms with Crippen LogP contribution in [0.4, 0.5) is 10.5 Å². The van der Waals surface area contributed by atoms with Crippen LogP contribution in [0.1, 0.15) is 32.1 Å². The maximum Gasteiger partial charge on any atom is 0.315 e. The third kappa shape index (κ3) is 5.39. The average molecular weight is 344 g/mol. The van der Waals surface area contributed by atoms with Crippen LogP contribution in [0, 0.1) is 0 Å². The number of anilines is 1. The molecule has 1 aliphatic rings. The first-order chi connectivity index (χ1) is 10.5. The molecule has 1 saturated carbocycles. The van der Waals surface area contributed by atoms with Crippen LogP contribution in [0.15, 0.2) is 18.2 Å². The summed E-state index contributed by atoms with van der Waals surface area (Å²) in [5.41, 5.74) is 0.463. The summed E-state index contributed by atoms with van der Waals surface area (Å²) in [5, 5.41) is 8.91. The molecule has 0 heterocycles. The van der Waals surface area contributed by atoms with E-state index >= 15 is 0 Å². The van der Waals surface area contributed by atoms with Gasteiger partial charge < -0.3 is 16.0 Å². The van der Waals surface area contributed by atoms with Gasteiger partial charge in [-0.2, -0.15) is 0 Å². The highest BCUT2D eigenvalue weighted by Crippen LogP contribution is 2.25. The molecule has 0 aliphatic heterocycles. The third-order valence-corrected chi connectivity index (χ3v) is 4.10. The average Bonchev–Trinajstić information content (AvgIpc) is 2.49. The molecule has 0 radical (unpaired) electrons.